The quantitative estimate of drug-likeness (QED) is 0.838. The molecule has 0 spiro atoms. The summed E-state index contributed by atoms with van der Waals surface area (Å²) < 4.78 is 39.0. The van der Waals surface area contributed by atoms with E-state index in [-0.39, 0.29) is 30.0 Å². The fourth-order valence-corrected chi connectivity index (χ4v) is 2.57. The third-order valence-electron chi connectivity index (χ3n) is 3.76. The first-order valence-electron chi connectivity index (χ1n) is 6.43. The van der Waals surface area contributed by atoms with Gasteiger partial charge >= 0.3 is 6.18 Å². The van der Waals surface area contributed by atoms with E-state index >= 15 is 0 Å². The Morgan fingerprint density at radius 1 is 1.35 bits per heavy atom. The van der Waals surface area contributed by atoms with Crippen molar-refractivity contribution in [2.24, 2.45) is 11.8 Å². The molecule has 0 bridgehead atoms. The molecule has 0 amide bonds. The second-order valence-electron chi connectivity index (χ2n) is 5.14. The highest BCUT2D eigenvalue weighted by molar-refractivity contribution is 5.16. The van der Waals surface area contributed by atoms with Crippen LogP contribution in [0.1, 0.15) is 31.4 Å². The van der Waals surface area contributed by atoms with Crippen LogP contribution < -0.4 is 5.56 Å². The predicted octanol–water partition coefficient (Wildman–Crippen LogP) is 2.48. The maximum Gasteiger partial charge on any atom is 0.391 e. The molecule has 1 aromatic heterocycles. The highest BCUT2D eigenvalue weighted by Crippen LogP contribution is 2.39. The van der Waals surface area contributed by atoms with Crippen molar-refractivity contribution < 1.29 is 13.2 Å². The normalized spacial score (nSPS) is 23.3. The van der Waals surface area contributed by atoms with Gasteiger partial charge in [-0.1, -0.05) is 0 Å². The summed E-state index contributed by atoms with van der Waals surface area (Å²) in [7, 11) is 0. The fraction of sp³-hybridized carbons (Fsp3) is 0.615. The van der Waals surface area contributed by atoms with Crippen LogP contribution in [-0.4, -0.2) is 15.7 Å². The van der Waals surface area contributed by atoms with Gasteiger partial charge in [0.05, 0.1) is 12.2 Å². The highest BCUT2D eigenvalue weighted by Gasteiger charge is 2.41. The van der Waals surface area contributed by atoms with E-state index in [2.05, 4.69) is 4.98 Å². The molecule has 1 fully saturated rings. The van der Waals surface area contributed by atoms with Crippen molar-refractivity contribution in [3.8, 4) is 6.07 Å². The number of nitriles is 1. The molecule has 1 aliphatic carbocycles. The number of halogens is 3. The Bertz CT molecular complexity index is 565. The van der Waals surface area contributed by atoms with Crippen molar-refractivity contribution in [1.29, 1.82) is 5.26 Å². The van der Waals surface area contributed by atoms with Crippen molar-refractivity contribution in [1.82, 2.24) is 9.55 Å². The number of hydrogen-bond donors (Lipinski definition) is 0. The molecule has 1 saturated carbocycles. The number of aromatic nitrogens is 2. The lowest BCUT2D eigenvalue weighted by Crippen LogP contribution is -2.31. The van der Waals surface area contributed by atoms with Gasteiger partial charge in [-0.2, -0.15) is 18.4 Å². The standard InChI is InChI=1S/C13H14F3N3O/c14-13(15,16)10-3-1-9(2-4-10)7-19-8-18-11(6-17)5-12(19)20/h5,8-10H,1-4,7H2. The molecule has 4 nitrogen and oxygen atoms in total. The fourth-order valence-electron chi connectivity index (χ4n) is 2.57. The second kappa shape index (κ2) is 5.65. The van der Waals surface area contributed by atoms with Crippen LogP contribution in [0.25, 0.3) is 0 Å². The average Bonchev–Trinajstić information content (AvgIpc) is 2.40. The zero-order chi connectivity index (χ0) is 14.8. The number of alkyl halides is 3. The molecular formula is C13H14F3N3O. The lowest BCUT2D eigenvalue weighted by atomic mass is 9.81. The van der Waals surface area contributed by atoms with E-state index in [1.807, 2.05) is 0 Å². The first-order chi connectivity index (χ1) is 9.40. The van der Waals surface area contributed by atoms with Crippen molar-refractivity contribution in [3.05, 3.63) is 28.4 Å². The van der Waals surface area contributed by atoms with Crippen molar-refractivity contribution >= 4 is 0 Å². The first-order valence-corrected chi connectivity index (χ1v) is 6.43. The largest absolute Gasteiger partial charge is 0.391 e. The third-order valence-corrected chi connectivity index (χ3v) is 3.76. The molecule has 0 atom stereocenters. The Hall–Kier alpha value is -1.84. The molecule has 0 aromatic carbocycles. The molecule has 7 heteroatoms. The van der Waals surface area contributed by atoms with Crippen LogP contribution in [0.15, 0.2) is 17.2 Å². The summed E-state index contributed by atoms with van der Waals surface area (Å²) in [5.41, 5.74) is -0.290. The van der Waals surface area contributed by atoms with Crippen LogP contribution in [0.5, 0.6) is 0 Å². The molecular weight excluding hydrogens is 271 g/mol. The zero-order valence-electron chi connectivity index (χ0n) is 10.7. The molecule has 0 unspecified atom stereocenters. The minimum absolute atomic E-state index is 0.0482. The average molecular weight is 285 g/mol. The van der Waals surface area contributed by atoms with Crippen LogP contribution >= 0.6 is 0 Å². The SMILES string of the molecule is N#Cc1cc(=O)n(CC2CCC(C(F)(F)F)CC2)cn1. The Kier molecular flexibility index (Phi) is 4.12. The van der Waals surface area contributed by atoms with Gasteiger partial charge in [0.15, 0.2) is 0 Å². The molecule has 0 N–H and O–H groups in total. The molecule has 20 heavy (non-hydrogen) atoms. The van der Waals surface area contributed by atoms with E-state index in [1.165, 1.54) is 10.9 Å². The van der Waals surface area contributed by atoms with E-state index in [0.717, 1.165) is 6.07 Å². The predicted molar refractivity (Wildman–Crippen MR) is 64.7 cm³/mol. The number of rotatable bonds is 2. The van der Waals surface area contributed by atoms with Crippen molar-refractivity contribution in [3.63, 3.8) is 0 Å². The zero-order valence-corrected chi connectivity index (χ0v) is 10.7. The Balaban J connectivity index is 1.97. The van der Waals surface area contributed by atoms with Gasteiger partial charge in [-0.15, -0.1) is 0 Å². The number of hydrogen-bond acceptors (Lipinski definition) is 3. The van der Waals surface area contributed by atoms with E-state index in [9.17, 15) is 18.0 Å². The summed E-state index contributed by atoms with van der Waals surface area (Å²) in [5.74, 6) is -1.16. The molecule has 0 radical (unpaired) electrons. The molecule has 1 aliphatic rings. The molecule has 1 aromatic rings. The summed E-state index contributed by atoms with van der Waals surface area (Å²) in [6.07, 6.45) is -1.68. The topological polar surface area (TPSA) is 58.7 Å². The minimum Gasteiger partial charge on any atom is -0.299 e. The first kappa shape index (κ1) is 14.6. The highest BCUT2D eigenvalue weighted by atomic mass is 19.4. The van der Waals surface area contributed by atoms with E-state index in [4.69, 9.17) is 5.26 Å². The monoisotopic (exact) mass is 285 g/mol. The van der Waals surface area contributed by atoms with E-state index in [1.54, 1.807) is 6.07 Å². The van der Waals surface area contributed by atoms with Gasteiger partial charge in [-0.05, 0) is 31.6 Å². The molecule has 1 heterocycles. The van der Waals surface area contributed by atoms with Gasteiger partial charge in [0.2, 0.25) is 0 Å². The molecule has 2 rings (SSSR count). The smallest absolute Gasteiger partial charge is 0.299 e. The Morgan fingerprint density at radius 2 is 2.00 bits per heavy atom. The van der Waals surface area contributed by atoms with Crippen LogP contribution in [0.4, 0.5) is 13.2 Å². The summed E-state index contributed by atoms with van der Waals surface area (Å²) in [5, 5.41) is 8.61. The second-order valence-corrected chi connectivity index (χ2v) is 5.14. The van der Waals surface area contributed by atoms with Gasteiger partial charge in [-0.25, -0.2) is 4.98 Å². The van der Waals surface area contributed by atoms with Gasteiger partial charge in [-0.3, -0.25) is 9.36 Å². The van der Waals surface area contributed by atoms with Crippen LogP contribution in [-0.2, 0) is 6.54 Å². The maximum absolute atomic E-state index is 12.5. The molecule has 0 aliphatic heterocycles. The lowest BCUT2D eigenvalue weighted by molar-refractivity contribution is -0.184. The number of nitrogens with zero attached hydrogens (tertiary/aromatic N) is 3. The van der Waals surface area contributed by atoms with Crippen molar-refractivity contribution in [2.75, 3.05) is 0 Å². The lowest BCUT2D eigenvalue weighted by Gasteiger charge is -2.29. The maximum atomic E-state index is 12.5. The minimum atomic E-state index is -4.11. The summed E-state index contributed by atoms with van der Waals surface area (Å²) in [6.45, 7) is 0.363. The molecule has 0 saturated heterocycles. The van der Waals surface area contributed by atoms with Crippen LogP contribution in [0, 0.1) is 23.2 Å². The third kappa shape index (κ3) is 3.38. The van der Waals surface area contributed by atoms with E-state index in [0.29, 0.717) is 19.4 Å². The van der Waals surface area contributed by atoms with Gasteiger partial charge < -0.3 is 0 Å². The Labute approximate surface area is 113 Å². The van der Waals surface area contributed by atoms with E-state index < -0.39 is 12.1 Å². The Morgan fingerprint density at radius 3 is 2.50 bits per heavy atom. The van der Waals surface area contributed by atoms with Crippen molar-refractivity contribution in [2.45, 2.75) is 38.4 Å². The summed E-state index contributed by atoms with van der Waals surface area (Å²) in [4.78, 5) is 15.5. The molecule has 108 valence electrons. The summed E-state index contributed by atoms with van der Waals surface area (Å²) in [6, 6.07) is 2.91. The van der Waals surface area contributed by atoms with Gasteiger partial charge in [0.25, 0.3) is 5.56 Å². The van der Waals surface area contributed by atoms with Crippen LogP contribution in [0.3, 0.4) is 0 Å². The van der Waals surface area contributed by atoms with Crippen LogP contribution in [0.2, 0.25) is 0 Å². The van der Waals surface area contributed by atoms with Gasteiger partial charge in [0.1, 0.15) is 11.8 Å². The van der Waals surface area contributed by atoms with Gasteiger partial charge in [0, 0.05) is 12.6 Å². The summed E-state index contributed by atoms with van der Waals surface area (Å²) >= 11 is 0.